The molecule has 6 heteroatoms. The lowest BCUT2D eigenvalue weighted by molar-refractivity contribution is 0.0688. The van der Waals surface area contributed by atoms with E-state index in [0.29, 0.717) is 11.3 Å². The first-order chi connectivity index (χ1) is 8.22. The van der Waals surface area contributed by atoms with Crippen LogP contribution in [0.15, 0.2) is 30.7 Å². The second-order valence-electron chi connectivity index (χ2n) is 3.44. The fraction of sp³-hybridized carbons (Fsp3) is 0.182. The molecular weight excluding hydrogens is 222 g/mol. The number of aliphatic hydroxyl groups excluding tert-OH is 1. The lowest BCUT2D eigenvalue weighted by Gasteiger charge is -1.97. The van der Waals surface area contributed by atoms with E-state index in [2.05, 4.69) is 10.1 Å². The van der Waals surface area contributed by atoms with E-state index in [1.165, 1.54) is 4.68 Å². The van der Waals surface area contributed by atoms with Crippen LogP contribution in [-0.2, 0) is 6.42 Å². The van der Waals surface area contributed by atoms with Crippen LogP contribution >= 0.6 is 0 Å². The Balaban J connectivity index is 2.44. The van der Waals surface area contributed by atoms with E-state index < -0.39 is 5.97 Å². The average molecular weight is 233 g/mol. The molecule has 0 radical (unpaired) electrons. The van der Waals surface area contributed by atoms with Crippen LogP contribution in [0.3, 0.4) is 0 Å². The molecule has 6 nitrogen and oxygen atoms in total. The van der Waals surface area contributed by atoms with Crippen molar-refractivity contribution in [1.82, 2.24) is 14.8 Å². The Morgan fingerprint density at radius 3 is 2.88 bits per heavy atom. The molecule has 0 aliphatic rings. The summed E-state index contributed by atoms with van der Waals surface area (Å²) in [4.78, 5) is 14.9. The topological polar surface area (TPSA) is 88.2 Å². The van der Waals surface area contributed by atoms with Gasteiger partial charge in [-0.2, -0.15) is 5.10 Å². The second kappa shape index (κ2) is 4.75. The number of carbonyl (C=O) groups is 1. The predicted octanol–water partition coefficient (Wildman–Crippen LogP) is 0.500. The number of aromatic nitrogens is 3. The molecule has 0 atom stereocenters. The zero-order valence-corrected chi connectivity index (χ0v) is 8.95. The minimum atomic E-state index is -1.10. The summed E-state index contributed by atoms with van der Waals surface area (Å²) in [6.07, 6.45) is 5.07. The Hall–Kier alpha value is -2.21. The molecule has 0 aliphatic heterocycles. The largest absolute Gasteiger partial charge is 0.476 e. The highest BCUT2D eigenvalue weighted by Crippen LogP contribution is 2.12. The van der Waals surface area contributed by atoms with Crippen LogP contribution < -0.4 is 0 Å². The summed E-state index contributed by atoms with van der Waals surface area (Å²) in [5.74, 6) is -1.10. The van der Waals surface area contributed by atoms with Crippen molar-refractivity contribution in [3.63, 3.8) is 0 Å². The van der Waals surface area contributed by atoms with Crippen LogP contribution in [0, 0.1) is 0 Å². The minimum absolute atomic E-state index is 0.0390. The number of carboxylic acids is 1. The third kappa shape index (κ3) is 2.31. The number of aromatic carboxylic acids is 1. The molecule has 88 valence electrons. The first-order valence-corrected chi connectivity index (χ1v) is 5.05. The first kappa shape index (κ1) is 11.3. The molecule has 0 aromatic carbocycles. The van der Waals surface area contributed by atoms with Gasteiger partial charge < -0.3 is 10.2 Å². The van der Waals surface area contributed by atoms with Crippen molar-refractivity contribution in [3.05, 3.63) is 42.0 Å². The number of pyridine rings is 1. The lowest BCUT2D eigenvalue weighted by atomic mass is 10.2. The standard InChI is InChI=1S/C11H11N3O3/c15-5-3-8-7-14(13-10(8)11(16)17)9-2-1-4-12-6-9/h1-2,4,6-7,15H,3,5H2,(H,16,17). The Kier molecular flexibility index (Phi) is 3.15. The Morgan fingerprint density at radius 1 is 1.47 bits per heavy atom. The van der Waals surface area contributed by atoms with Gasteiger partial charge in [0.2, 0.25) is 0 Å². The van der Waals surface area contributed by atoms with Gasteiger partial charge in [-0.25, -0.2) is 9.48 Å². The van der Waals surface area contributed by atoms with Gasteiger partial charge in [-0.1, -0.05) is 0 Å². The Labute approximate surface area is 97.2 Å². The SMILES string of the molecule is O=C(O)c1nn(-c2cccnc2)cc1CCO. The van der Waals surface area contributed by atoms with Gasteiger partial charge in [0, 0.05) is 24.6 Å². The lowest BCUT2D eigenvalue weighted by Crippen LogP contribution is -2.03. The molecule has 0 aliphatic carbocycles. The fourth-order valence-electron chi connectivity index (χ4n) is 1.51. The molecule has 0 saturated heterocycles. The third-order valence-corrected chi connectivity index (χ3v) is 2.28. The summed E-state index contributed by atoms with van der Waals surface area (Å²) < 4.78 is 1.45. The maximum Gasteiger partial charge on any atom is 0.356 e. The predicted molar refractivity (Wildman–Crippen MR) is 59.1 cm³/mol. The molecule has 2 heterocycles. The molecule has 17 heavy (non-hydrogen) atoms. The summed E-state index contributed by atoms with van der Waals surface area (Å²) in [6, 6.07) is 3.51. The zero-order valence-electron chi connectivity index (χ0n) is 8.95. The normalized spacial score (nSPS) is 10.4. The molecule has 2 aromatic heterocycles. The van der Waals surface area contributed by atoms with E-state index in [9.17, 15) is 4.79 Å². The molecule has 2 aromatic rings. The molecule has 0 spiro atoms. The van der Waals surface area contributed by atoms with E-state index in [0.717, 1.165) is 0 Å². The van der Waals surface area contributed by atoms with Gasteiger partial charge in [-0.3, -0.25) is 4.98 Å². The van der Waals surface area contributed by atoms with Crippen molar-refractivity contribution < 1.29 is 15.0 Å². The van der Waals surface area contributed by atoms with Gasteiger partial charge in [-0.15, -0.1) is 0 Å². The van der Waals surface area contributed by atoms with E-state index >= 15 is 0 Å². The monoisotopic (exact) mass is 233 g/mol. The maximum atomic E-state index is 11.0. The van der Waals surface area contributed by atoms with Gasteiger partial charge in [0.05, 0.1) is 11.9 Å². The number of carboxylic acid groups (broad SMARTS) is 1. The third-order valence-electron chi connectivity index (χ3n) is 2.28. The number of aliphatic hydroxyl groups is 1. The first-order valence-electron chi connectivity index (χ1n) is 5.05. The molecule has 0 amide bonds. The maximum absolute atomic E-state index is 11.0. The van der Waals surface area contributed by atoms with E-state index in [1.807, 2.05) is 0 Å². The van der Waals surface area contributed by atoms with Gasteiger partial charge in [0.25, 0.3) is 0 Å². The van der Waals surface area contributed by atoms with E-state index in [4.69, 9.17) is 10.2 Å². The summed E-state index contributed by atoms with van der Waals surface area (Å²) in [5, 5.41) is 21.8. The summed E-state index contributed by atoms with van der Waals surface area (Å²) >= 11 is 0. The highest BCUT2D eigenvalue weighted by molar-refractivity contribution is 5.87. The summed E-state index contributed by atoms with van der Waals surface area (Å²) in [5.41, 5.74) is 1.14. The van der Waals surface area contributed by atoms with Gasteiger partial charge >= 0.3 is 5.97 Å². The summed E-state index contributed by atoms with van der Waals surface area (Å²) in [7, 11) is 0. The van der Waals surface area contributed by atoms with Crippen molar-refractivity contribution in [2.75, 3.05) is 6.61 Å². The zero-order chi connectivity index (χ0) is 12.3. The van der Waals surface area contributed by atoms with E-state index in [-0.39, 0.29) is 18.7 Å². The van der Waals surface area contributed by atoms with Crippen LogP contribution in [0.5, 0.6) is 0 Å². The van der Waals surface area contributed by atoms with Crippen molar-refractivity contribution in [2.24, 2.45) is 0 Å². The van der Waals surface area contributed by atoms with Crippen LogP contribution in [0.2, 0.25) is 0 Å². The van der Waals surface area contributed by atoms with Crippen LogP contribution in [0.1, 0.15) is 16.1 Å². The van der Waals surface area contributed by atoms with Gasteiger partial charge in [0.1, 0.15) is 0 Å². The molecule has 0 fully saturated rings. The van der Waals surface area contributed by atoms with Crippen LogP contribution in [0.4, 0.5) is 0 Å². The van der Waals surface area contributed by atoms with Crippen molar-refractivity contribution in [1.29, 1.82) is 0 Å². The number of hydrogen-bond acceptors (Lipinski definition) is 4. The number of hydrogen-bond donors (Lipinski definition) is 2. The Morgan fingerprint density at radius 2 is 2.29 bits per heavy atom. The molecule has 0 saturated carbocycles. The number of nitrogens with zero attached hydrogens (tertiary/aromatic N) is 3. The molecule has 2 rings (SSSR count). The summed E-state index contributed by atoms with van der Waals surface area (Å²) in [6.45, 7) is -0.112. The van der Waals surface area contributed by atoms with Gasteiger partial charge in [-0.05, 0) is 18.6 Å². The minimum Gasteiger partial charge on any atom is -0.476 e. The average Bonchev–Trinajstić information content (AvgIpc) is 2.75. The smallest absolute Gasteiger partial charge is 0.356 e. The number of rotatable bonds is 4. The fourth-order valence-corrected chi connectivity index (χ4v) is 1.51. The quantitative estimate of drug-likeness (QED) is 0.802. The van der Waals surface area contributed by atoms with Crippen molar-refractivity contribution in [2.45, 2.75) is 6.42 Å². The molecular formula is C11H11N3O3. The van der Waals surface area contributed by atoms with Crippen LogP contribution in [0.25, 0.3) is 5.69 Å². The highest BCUT2D eigenvalue weighted by Gasteiger charge is 2.15. The van der Waals surface area contributed by atoms with Crippen molar-refractivity contribution in [3.8, 4) is 5.69 Å². The highest BCUT2D eigenvalue weighted by atomic mass is 16.4. The van der Waals surface area contributed by atoms with E-state index in [1.54, 1.807) is 30.7 Å². The molecule has 0 bridgehead atoms. The van der Waals surface area contributed by atoms with Crippen molar-refractivity contribution >= 4 is 5.97 Å². The van der Waals surface area contributed by atoms with Gasteiger partial charge in [0.15, 0.2) is 5.69 Å². The molecule has 0 unspecified atom stereocenters. The van der Waals surface area contributed by atoms with Crippen LogP contribution in [-0.4, -0.2) is 37.6 Å². The molecule has 2 N–H and O–H groups in total. The Bertz CT molecular complexity index is 522. The second-order valence-corrected chi connectivity index (χ2v) is 3.44.